The van der Waals surface area contributed by atoms with Crippen LogP contribution in [0.3, 0.4) is 0 Å². The van der Waals surface area contributed by atoms with Crippen molar-refractivity contribution >= 4 is 11.8 Å². The van der Waals surface area contributed by atoms with E-state index in [9.17, 15) is 15.0 Å². The second-order valence-electron chi connectivity index (χ2n) is 5.50. The van der Waals surface area contributed by atoms with Crippen molar-refractivity contribution in [3.8, 4) is 11.8 Å². The minimum absolute atomic E-state index is 0.0893. The summed E-state index contributed by atoms with van der Waals surface area (Å²) in [5.74, 6) is -0.391. The predicted octanol–water partition coefficient (Wildman–Crippen LogP) is 3.70. The third kappa shape index (κ3) is 4.11. The first kappa shape index (κ1) is 16.4. The summed E-state index contributed by atoms with van der Waals surface area (Å²) in [6.07, 6.45) is -0.712. The molecule has 0 saturated heterocycles. The summed E-state index contributed by atoms with van der Waals surface area (Å²) in [6, 6.07) is 19.9. The minimum Gasteiger partial charge on any atom is -0.494 e. The van der Waals surface area contributed by atoms with E-state index in [2.05, 4.69) is 5.32 Å². The molecule has 0 aliphatic carbocycles. The van der Waals surface area contributed by atoms with Crippen LogP contribution in [0, 0.1) is 0 Å². The van der Waals surface area contributed by atoms with Crippen LogP contribution in [0.15, 0.2) is 66.7 Å². The zero-order valence-corrected chi connectivity index (χ0v) is 13.4. The lowest BCUT2D eigenvalue weighted by molar-refractivity contribution is 0.155. The van der Waals surface area contributed by atoms with Crippen LogP contribution in [0.1, 0.15) is 11.1 Å². The number of amides is 1. The average Bonchev–Trinajstić information content (AvgIpc) is 2.89. The van der Waals surface area contributed by atoms with Gasteiger partial charge < -0.3 is 14.9 Å². The van der Waals surface area contributed by atoms with Gasteiger partial charge in [0.1, 0.15) is 12.3 Å². The number of carbonyl (C=O) groups is 1. The highest BCUT2D eigenvalue weighted by molar-refractivity contribution is 5.86. The fourth-order valence-corrected chi connectivity index (χ4v) is 2.41. The summed E-state index contributed by atoms with van der Waals surface area (Å²) < 4.78 is 6.40. The third-order valence-electron chi connectivity index (χ3n) is 3.68. The van der Waals surface area contributed by atoms with Gasteiger partial charge in [0.15, 0.2) is 5.88 Å². The number of aromatic nitrogens is 1. The van der Waals surface area contributed by atoms with E-state index in [4.69, 9.17) is 4.74 Å². The van der Waals surface area contributed by atoms with Crippen LogP contribution in [0.4, 0.5) is 10.5 Å². The molecule has 0 bridgehead atoms. The van der Waals surface area contributed by atoms with Crippen LogP contribution in [0.2, 0.25) is 0 Å². The van der Waals surface area contributed by atoms with Crippen LogP contribution < -0.4 is 5.32 Å². The molecule has 3 N–H and O–H groups in total. The van der Waals surface area contributed by atoms with E-state index in [0.29, 0.717) is 0 Å². The zero-order chi connectivity index (χ0) is 17.6. The highest BCUT2D eigenvalue weighted by Gasteiger charge is 2.16. The molecule has 0 radical (unpaired) electrons. The number of carbonyl (C=O) groups excluding carboxylic acids is 1. The standard InChI is InChI=1S/C19H18N2O4/c22-17-11-16(18(23)21(17)12-14-7-3-1-4-8-14)20-19(24)25-13-15-9-5-2-6-10-15/h1-11,22-23H,12-13H2,(H,20,24). The summed E-state index contributed by atoms with van der Waals surface area (Å²) in [5, 5.41) is 22.7. The highest BCUT2D eigenvalue weighted by Crippen LogP contribution is 2.33. The first-order valence-corrected chi connectivity index (χ1v) is 7.76. The van der Waals surface area contributed by atoms with Gasteiger partial charge in [-0.25, -0.2) is 4.79 Å². The number of benzene rings is 2. The molecule has 0 unspecified atom stereocenters. The van der Waals surface area contributed by atoms with E-state index in [1.807, 2.05) is 60.7 Å². The smallest absolute Gasteiger partial charge is 0.412 e. The van der Waals surface area contributed by atoms with Gasteiger partial charge in [-0.15, -0.1) is 0 Å². The molecule has 0 aliphatic rings. The molecule has 1 heterocycles. The molecule has 0 atom stereocenters. The van der Waals surface area contributed by atoms with Crippen LogP contribution in [0.25, 0.3) is 0 Å². The van der Waals surface area contributed by atoms with E-state index < -0.39 is 6.09 Å². The van der Waals surface area contributed by atoms with Gasteiger partial charge in [-0.1, -0.05) is 60.7 Å². The van der Waals surface area contributed by atoms with Crippen LogP contribution >= 0.6 is 0 Å². The molecule has 128 valence electrons. The van der Waals surface area contributed by atoms with Gasteiger partial charge in [0.2, 0.25) is 5.88 Å². The topological polar surface area (TPSA) is 83.7 Å². The van der Waals surface area contributed by atoms with Crippen molar-refractivity contribution in [2.75, 3.05) is 5.32 Å². The Labute approximate surface area is 144 Å². The second kappa shape index (κ2) is 7.44. The molecule has 0 aliphatic heterocycles. The Morgan fingerprint density at radius 3 is 2.20 bits per heavy atom. The van der Waals surface area contributed by atoms with Crippen molar-refractivity contribution in [1.82, 2.24) is 4.57 Å². The second-order valence-corrected chi connectivity index (χ2v) is 5.50. The van der Waals surface area contributed by atoms with Gasteiger partial charge in [0, 0.05) is 6.07 Å². The molecule has 3 rings (SSSR count). The maximum atomic E-state index is 11.9. The van der Waals surface area contributed by atoms with Crippen molar-refractivity contribution in [3.63, 3.8) is 0 Å². The number of hydrogen-bond donors (Lipinski definition) is 3. The molecule has 1 amide bonds. The Balaban J connectivity index is 1.65. The molecule has 25 heavy (non-hydrogen) atoms. The lowest BCUT2D eigenvalue weighted by Crippen LogP contribution is -2.13. The summed E-state index contributed by atoms with van der Waals surface area (Å²) in [7, 11) is 0. The molecule has 0 spiro atoms. The van der Waals surface area contributed by atoms with Crippen LogP contribution in [0.5, 0.6) is 11.8 Å². The Morgan fingerprint density at radius 2 is 1.56 bits per heavy atom. The van der Waals surface area contributed by atoms with Crippen molar-refractivity contribution in [2.45, 2.75) is 13.2 Å². The molecule has 6 heteroatoms. The summed E-state index contributed by atoms with van der Waals surface area (Å²) in [6.45, 7) is 0.392. The lowest BCUT2D eigenvalue weighted by Gasteiger charge is -2.08. The van der Waals surface area contributed by atoms with E-state index in [0.717, 1.165) is 11.1 Å². The SMILES string of the molecule is O=C(Nc1cc(O)n(Cc2ccccc2)c1O)OCc1ccccc1. The van der Waals surface area contributed by atoms with Crippen LogP contribution in [-0.2, 0) is 17.9 Å². The normalized spacial score (nSPS) is 10.4. The Morgan fingerprint density at radius 1 is 0.960 bits per heavy atom. The Hall–Kier alpha value is -3.41. The number of nitrogens with zero attached hydrogens (tertiary/aromatic N) is 1. The van der Waals surface area contributed by atoms with Crippen molar-refractivity contribution in [1.29, 1.82) is 0 Å². The first-order chi connectivity index (χ1) is 12.1. The third-order valence-corrected chi connectivity index (χ3v) is 3.68. The maximum absolute atomic E-state index is 11.9. The minimum atomic E-state index is -0.712. The monoisotopic (exact) mass is 338 g/mol. The largest absolute Gasteiger partial charge is 0.494 e. The van der Waals surface area contributed by atoms with Crippen molar-refractivity contribution < 1.29 is 19.7 Å². The molecule has 3 aromatic rings. The quantitative estimate of drug-likeness (QED) is 0.662. The van der Waals surface area contributed by atoms with Crippen molar-refractivity contribution in [3.05, 3.63) is 77.9 Å². The Bertz CT molecular complexity index is 845. The van der Waals surface area contributed by atoms with Gasteiger partial charge in [-0.3, -0.25) is 9.88 Å². The summed E-state index contributed by atoms with van der Waals surface area (Å²) >= 11 is 0. The number of rotatable bonds is 5. The number of ether oxygens (including phenoxy) is 1. The first-order valence-electron chi connectivity index (χ1n) is 7.76. The van der Waals surface area contributed by atoms with E-state index in [1.165, 1.54) is 10.6 Å². The molecular formula is C19H18N2O4. The van der Waals surface area contributed by atoms with Gasteiger partial charge in [0.25, 0.3) is 0 Å². The summed E-state index contributed by atoms with van der Waals surface area (Å²) in [5.41, 5.74) is 1.85. The molecule has 0 fully saturated rings. The zero-order valence-electron chi connectivity index (χ0n) is 13.4. The van der Waals surface area contributed by atoms with Crippen molar-refractivity contribution in [2.24, 2.45) is 0 Å². The molecule has 6 nitrogen and oxygen atoms in total. The fourth-order valence-electron chi connectivity index (χ4n) is 2.41. The van der Waals surface area contributed by atoms with Gasteiger partial charge >= 0.3 is 6.09 Å². The number of anilines is 1. The average molecular weight is 338 g/mol. The fraction of sp³-hybridized carbons (Fsp3) is 0.105. The van der Waals surface area contributed by atoms with E-state index in [1.54, 1.807) is 0 Å². The highest BCUT2D eigenvalue weighted by atomic mass is 16.5. The molecule has 2 aromatic carbocycles. The molecular weight excluding hydrogens is 320 g/mol. The lowest BCUT2D eigenvalue weighted by atomic mass is 10.2. The predicted molar refractivity (Wildman–Crippen MR) is 93.6 cm³/mol. The number of hydrogen-bond acceptors (Lipinski definition) is 4. The van der Waals surface area contributed by atoms with Gasteiger partial charge in [-0.2, -0.15) is 0 Å². The van der Waals surface area contributed by atoms with E-state index in [-0.39, 0.29) is 30.6 Å². The summed E-state index contributed by atoms with van der Waals surface area (Å²) in [4.78, 5) is 11.9. The maximum Gasteiger partial charge on any atom is 0.412 e. The van der Waals surface area contributed by atoms with Gasteiger partial charge in [-0.05, 0) is 11.1 Å². The Kier molecular flexibility index (Phi) is 4.89. The number of nitrogens with one attached hydrogen (secondary N) is 1. The molecule has 1 aromatic heterocycles. The van der Waals surface area contributed by atoms with Crippen LogP contribution in [-0.4, -0.2) is 20.9 Å². The van der Waals surface area contributed by atoms with E-state index >= 15 is 0 Å². The number of aromatic hydroxyl groups is 2. The molecule has 0 saturated carbocycles. The van der Waals surface area contributed by atoms with Gasteiger partial charge in [0.05, 0.1) is 6.54 Å².